The fourth-order valence-corrected chi connectivity index (χ4v) is 1.80. The Kier molecular flexibility index (Phi) is 3.97. The summed E-state index contributed by atoms with van der Waals surface area (Å²) in [6, 6.07) is 4.19. The third kappa shape index (κ3) is 2.76. The molecule has 1 atom stereocenters. The van der Waals surface area contributed by atoms with Gasteiger partial charge in [-0.25, -0.2) is 4.39 Å². The summed E-state index contributed by atoms with van der Waals surface area (Å²) in [5.41, 5.74) is 1.37. The van der Waals surface area contributed by atoms with Crippen molar-refractivity contribution < 1.29 is 13.9 Å². The van der Waals surface area contributed by atoms with Gasteiger partial charge in [0.15, 0.2) is 17.3 Å². The predicted octanol–water partition coefficient (Wildman–Crippen LogP) is 1.75. The number of benzene rings is 1. The van der Waals surface area contributed by atoms with Crippen molar-refractivity contribution in [2.24, 2.45) is 0 Å². The quantitative estimate of drug-likeness (QED) is 0.893. The standard InChI is InChI=1S/C13H15FN4O2/c1-7(9-4-5-11(20-3)10(14)6-9)15-13(19)12-8(2)16-18-17-12/h4-7H,1-3H3,(H,15,19)(H,16,17,18)/t7-/m0/s1. The number of amides is 1. The molecular weight excluding hydrogens is 263 g/mol. The highest BCUT2D eigenvalue weighted by atomic mass is 19.1. The number of methoxy groups -OCH3 is 1. The van der Waals surface area contributed by atoms with Crippen molar-refractivity contribution in [3.63, 3.8) is 0 Å². The first-order valence-electron chi connectivity index (χ1n) is 6.04. The maximum absolute atomic E-state index is 13.6. The molecule has 2 rings (SSSR count). The van der Waals surface area contributed by atoms with Crippen molar-refractivity contribution >= 4 is 5.91 Å². The smallest absolute Gasteiger partial charge is 0.274 e. The summed E-state index contributed by atoms with van der Waals surface area (Å²) in [7, 11) is 1.40. The number of carbonyl (C=O) groups excluding carboxylic acids is 1. The maximum atomic E-state index is 13.6. The average molecular weight is 278 g/mol. The molecule has 0 unspecified atom stereocenters. The number of halogens is 1. The van der Waals surface area contributed by atoms with E-state index in [4.69, 9.17) is 4.74 Å². The monoisotopic (exact) mass is 278 g/mol. The zero-order valence-corrected chi connectivity index (χ0v) is 11.4. The Balaban J connectivity index is 2.12. The molecule has 6 nitrogen and oxygen atoms in total. The molecule has 0 bridgehead atoms. The van der Waals surface area contributed by atoms with E-state index in [1.165, 1.54) is 19.2 Å². The number of nitrogens with one attached hydrogen (secondary N) is 2. The van der Waals surface area contributed by atoms with Crippen molar-refractivity contribution in [2.75, 3.05) is 7.11 Å². The Hall–Kier alpha value is -2.44. The second-order valence-electron chi connectivity index (χ2n) is 4.35. The van der Waals surface area contributed by atoms with Gasteiger partial charge in [0.25, 0.3) is 5.91 Å². The molecule has 1 aromatic heterocycles. The van der Waals surface area contributed by atoms with Crippen molar-refractivity contribution in [1.29, 1.82) is 0 Å². The summed E-state index contributed by atoms with van der Waals surface area (Å²) in [6.07, 6.45) is 0. The van der Waals surface area contributed by atoms with Gasteiger partial charge in [-0.2, -0.15) is 15.4 Å². The molecule has 0 aliphatic carbocycles. The zero-order valence-electron chi connectivity index (χ0n) is 11.4. The van der Waals surface area contributed by atoms with Crippen molar-refractivity contribution in [3.05, 3.63) is 41.0 Å². The number of hydrogen-bond donors (Lipinski definition) is 2. The summed E-state index contributed by atoms with van der Waals surface area (Å²) in [5.74, 6) is -0.664. The Labute approximate surface area is 115 Å². The number of carbonyl (C=O) groups is 1. The number of ether oxygens (including phenoxy) is 1. The van der Waals surface area contributed by atoms with E-state index in [1.807, 2.05) is 0 Å². The molecule has 1 heterocycles. The molecule has 1 amide bonds. The van der Waals surface area contributed by atoms with Gasteiger partial charge in [-0.05, 0) is 31.5 Å². The molecule has 0 saturated heterocycles. The van der Waals surface area contributed by atoms with Crippen LogP contribution in [0, 0.1) is 12.7 Å². The lowest BCUT2D eigenvalue weighted by atomic mass is 10.1. The second-order valence-corrected chi connectivity index (χ2v) is 4.35. The lowest BCUT2D eigenvalue weighted by Gasteiger charge is -2.14. The highest BCUT2D eigenvalue weighted by molar-refractivity contribution is 5.93. The van der Waals surface area contributed by atoms with Crippen LogP contribution in [0.15, 0.2) is 18.2 Å². The molecule has 2 aromatic rings. The topological polar surface area (TPSA) is 79.9 Å². The van der Waals surface area contributed by atoms with E-state index in [0.29, 0.717) is 11.3 Å². The molecule has 0 fully saturated rings. The third-order valence-corrected chi connectivity index (χ3v) is 2.96. The van der Waals surface area contributed by atoms with Crippen LogP contribution in [0.5, 0.6) is 5.75 Å². The van der Waals surface area contributed by atoms with Crippen LogP contribution in [0.2, 0.25) is 0 Å². The van der Waals surface area contributed by atoms with Gasteiger partial charge in [-0.1, -0.05) is 6.07 Å². The van der Waals surface area contributed by atoms with Crippen LogP contribution < -0.4 is 10.1 Å². The largest absolute Gasteiger partial charge is 0.494 e. The minimum Gasteiger partial charge on any atom is -0.494 e. The molecule has 106 valence electrons. The first kappa shape index (κ1) is 14.0. The van der Waals surface area contributed by atoms with E-state index < -0.39 is 5.82 Å². The molecule has 20 heavy (non-hydrogen) atoms. The predicted molar refractivity (Wildman–Crippen MR) is 70.0 cm³/mol. The van der Waals surface area contributed by atoms with Crippen LogP contribution in [0.25, 0.3) is 0 Å². The number of aromatic amines is 1. The van der Waals surface area contributed by atoms with E-state index in [2.05, 4.69) is 20.7 Å². The number of nitrogens with zero attached hydrogens (tertiary/aromatic N) is 2. The first-order valence-corrected chi connectivity index (χ1v) is 6.04. The summed E-state index contributed by atoms with van der Waals surface area (Å²) in [5, 5.41) is 12.7. The van der Waals surface area contributed by atoms with Crippen LogP contribution in [-0.2, 0) is 0 Å². The highest BCUT2D eigenvalue weighted by Gasteiger charge is 2.17. The molecule has 7 heteroatoms. The number of aryl methyl sites for hydroxylation is 1. The number of aromatic nitrogens is 3. The first-order chi connectivity index (χ1) is 9.52. The number of hydrogen-bond acceptors (Lipinski definition) is 4. The number of H-pyrrole nitrogens is 1. The molecule has 0 saturated carbocycles. The molecule has 1 aromatic carbocycles. The van der Waals surface area contributed by atoms with Gasteiger partial charge < -0.3 is 10.1 Å². The van der Waals surface area contributed by atoms with Gasteiger partial charge in [0, 0.05) is 0 Å². The molecule has 0 aliphatic rings. The lowest BCUT2D eigenvalue weighted by Crippen LogP contribution is -2.27. The van der Waals surface area contributed by atoms with Crippen LogP contribution in [0.4, 0.5) is 4.39 Å². The summed E-state index contributed by atoms with van der Waals surface area (Å²) < 4.78 is 18.5. The van der Waals surface area contributed by atoms with Gasteiger partial charge in [-0.15, -0.1) is 0 Å². The molecule has 0 aliphatic heterocycles. The minimum absolute atomic E-state index is 0.166. The summed E-state index contributed by atoms with van der Waals surface area (Å²) in [6.45, 7) is 3.44. The third-order valence-electron chi connectivity index (χ3n) is 2.96. The molecule has 2 N–H and O–H groups in total. The fraction of sp³-hybridized carbons (Fsp3) is 0.308. The van der Waals surface area contributed by atoms with E-state index in [9.17, 15) is 9.18 Å². The van der Waals surface area contributed by atoms with Gasteiger partial charge in [-0.3, -0.25) is 4.79 Å². The SMILES string of the molecule is COc1ccc([C@H](C)NC(=O)c2n[nH]nc2C)cc1F. The van der Waals surface area contributed by atoms with E-state index in [0.717, 1.165) is 0 Å². The van der Waals surface area contributed by atoms with Crippen molar-refractivity contribution in [2.45, 2.75) is 19.9 Å². The van der Waals surface area contributed by atoms with E-state index in [-0.39, 0.29) is 23.4 Å². The van der Waals surface area contributed by atoms with E-state index in [1.54, 1.807) is 19.9 Å². The van der Waals surface area contributed by atoms with Crippen molar-refractivity contribution in [1.82, 2.24) is 20.7 Å². The van der Waals surface area contributed by atoms with Crippen LogP contribution in [0.3, 0.4) is 0 Å². The van der Waals surface area contributed by atoms with Crippen LogP contribution >= 0.6 is 0 Å². The Morgan fingerprint density at radius 2 is 2.20 bits per heavy atom. The Morgan fingerprint density at radius 3 is 2.75 bits per heavy atom. The Bertz CT molecular complexity index is 627. The van der Waals surface area contributed by atoms with Gasteiger partial charge in [0.1, 0.15) is 0 Å². The normalized spacial score (nSPS) is 12.0. The maximum Gasteiger partial charge on any atom is 0.274 e. The Morgan fingerprint density at radius 1 is 1.45 bits per heavy atom. The summed E-state index contributed by atoms with van der Waals surface area (Å²) >= 11 is 0. The van der Waals surface area contributed by atoms with Gasteiger partial charge >= 0.3 is 0 Å². The number of rotatable bonds is 4. The zero-order chi connectivity index (χ0) is 14.7. The second kappa shape index (κ2) is 5.68. The summed E-state index contributed by atoms with van der Waals surface area (Å²) in [4.78, 5) is 12.0. The highest BCUT2D eigenvalue weighted by Crippen LogP contribution is 2.21. The lowest BCUT2D eigenvalue weighted by molar-refractivity contribution is 0.0934. The van der Waals surface area contributed by atoms with Gasteiger partial charge in [0.05, 0.1) is 18.8 Å². The molecule has 0 spiro atoms. The average Bonchev–Trinajstić information content (AvgIpc) is 2.84. The van der Waals surface area contributed by atoms with Crippen molar-refractivity contribution in [3.8, 4) is 5.75 Å². The van der Waals surface area contributed by atoms with Gasteiger partial charge in [0.2, 0.25) is 0 Å². The van der Waals surface area contributed by atoms with Crippen LogP contribution in [0.1, 0.15) is 34.7 Å². The fourth-order valence-electron chi connectivity index (χ4n) is 1.80. The van der Waals surface area contributed by atoms with Crippen LogP contribution in [-0.4, -0.2) is 28.4 Å². The minimum atomic E-state index is -0.469. The molecule has 0 radical (unpaired) electrons. The molecular formula is C13H15FN4O2. The van der Waals surface area contributed by atoms with E-state index >= 15 is 0 Å².